The fourth-order valence-corrected chi connectivity index (χ4v) is 2.20. The molecule has 1 aliphatic rings. The largest absolute Gasteiger partial charge is 0.485 e. The van der Waals surface area contributed by atoms with Crippen LogP contribution in [0.2, 0.25) is 0 Å². The molecule has 0 radical (unpaired) electrons. The Hall–Kier alpha value is -2.36. The van der Waals surface area contributed by atoms with Crippen LogP contribution >= 0.6 is 0 Å². The molecule has 2 aromatic rings. The number of ether oxygens (including phenoxy) is 1. The molecule has 3 rings (SSSR count). The van der Waals surface area contributed by atoms with Gasteiger partial charge in [-0.3, -0.25) is 10.1 Å². The molecule has 2 aromatic carbocycles. The van der Waals surface area contributed by atoms with Gasteiger partial charge in [-0.05, 0) is 11.6 Å². The van der Waals surface area contributed by atoms with Crippen LogP contribution in [0.5, 0.6) is 5.75 Å². The van der Waals surface area contributed by atoms with Crippen molar-refractivity contribution in [2.45, 2.75) is 12.5 Å². The van der Waals surface area contributed by atoms with Gasteiger partial charge in [-0.15, -0.1) is 0 Å². The van der Waals surface area contributed by atoms with Crippen LogP contribution < -0.4 is 4.74 Å². The van der Waals surface area contributed by atoms with Gasteiger partial charge in [-0.25, -0.2) is 0 Å². The topological polar surface area (TPSA) is 52.4 Å². The lowest BCUT2D eigenvalue weighted by molar-refractivity contribution is -0.384. The molecular weight excluding hydrogens is 230 g/mol. The third-order valence-electron chi connectivity index (χ3n) is 3.10. The highest BCUT2D eigenvalue weighted by Gasteiger charge is 2.25. The molecule has 1 heterocycles. The molecule has 0 amide bonds. The van der Waals surface area contributed by atoms with Gasteiger partial charge in [0.05, 0.1) is 4.92 Å². The van der Waals surface area contributed by atoms with E-state index in [2.05, 4.69) is 0 Å². The first-order valence-corrected chi connectivity index (χ1v) is 5.73. The summed E-state index contributed by atoms with van der Waals surface area (Å²) < 4.78 is 5.81. The number of nitro benzene ring substituents is 1. The van der Waals surface area contributed by atoms with Gasteiger partial charge in [0.15, 0.2) is 0 Å². The lowest BCUT2D eigenvalue weighted by Gasteiger charge is -2.10. The van der Waals surface area contributed by atoms with E-state index >= 15 is 0 Å². The summed E-state index contributed by atoms with van der Waals surface area (Å²) in [4.78, 5) is 10.3. The van der Waals surface area contributed by atoms with Gasteiger partial charge >= 0.3 is 0 Å². The number of nitrogens with zero attached hydrogens (tertiary/aromatic N) is 1. The monoisotopic (exact) mass is 241 g/mol. The van der Waals surface area contributed by atoms with Crippen molar-refractivity contribution in [3.63, 3.8) is 0 Å². The Morgan fingerprint density at radius 1 is 1.17 bits per heavy atom. The summed E-state index contributed by atoms with van der Waals surface area (Å²) in [5, 5.41) is 10.7. The van der Waals surface area contributed by atoms with Gasteiger partial charge in [0.1, 0.15) is 11.9 Å². The van der Waals surface area contributed by atoms with E-state index in [1.807, 2.05) is 30.3 Å². The Bertz CT molecular complexity index is 595. The summed E-state index contributed by atoms with van der Waals surface area (Å²) in [5.41, 5.74) is 2.11. The molecule has 0 fully saturated rings. The van der Waals surface area contributed by atoms with E-state index < -0.39 is 0 Å². The van der Waals surface area contributed by atoms with Gasteiger partial charge in [-0.1, -0.05) is 30.3 Å². The van der Waals surface area contributed by atoms with Crippen LogP contribution in [0.25, 0.3) is 0 Å². The van der Waals surface area contributed by atoms with E-state index in [1.54, 1.807) is 12.1 Å². The molecule has 0 aromatic heterocycles. The molecule has 0 saturated heterocycles. The van der Waals surface area contributed by atoms with Crippen molar-refractivity contribution in [1.82, 2.24) is 0 Å². The number of fused-ring (bicyclic) bond motifs is 1. The quantitative estimate of drug-likeness (QED) is 0.599. The van der Waals surface area contributed by atoms with Crippen molar-refractivity contribution in [3.05, 3.63) is 69.8 Å². The average Bonchev–Trinajstić information content (AvgIpc) is 2.82. The van der Waals surface area contributed by atoms with Crippen molar-refractivity contribution in [3.8, 4) is 5.75 Å². The van der Waals surface area contributed by atoms with Crippen LogP contribution in [-0.4, -0.2) is 4.92 Å². The molecule has 0 aliphatic carbocycles. The summed E-state index contributed by atoms with van der Waals surface area (Å²) in [5.74, 6) is 0.745. The van der Waals surface area contributed by atoms with Crippen LogP contribution in [0.4, 0.5) is 5.69 Å². The molecule has 1 aliphatic heterocycles. The minimum Gasteiger partial charge on any atom is -0.485 e. The van der Waals surface area contributed by atoms with Gasteiger partial charge in [0.25, 0.3) is 5.69 Å². The van der Waals surface area contributed by atoms with Crippen molar-refractivity contribution in [2.75, 3.05) is 0 Å². The number of rotatable bonds is 2. The smallest absolute Gasteiger partial charge is 0.269 e. The van der Waals surface area contributed by atoms with E-state index in [0.29, 0.717) is 6.42 Å². The zero-order chi connectivity index (χ0) is 12.5. The van der Waals surface area contributed by atoms with Crippen molar-refractivity contribution >= 4 is 5.69 Å². The Morgan fingerprint density at radius 3 is 2.67 bits per heavy atom. The van der Waals surface area contributed by atoms with Crippen molar-refractivity contribution in [1.29, 1.82) is 0 Å². The second kappa shape index (κ2) is 4.14. The zero-order valence-corrected chi connectivity index (χ0v) is 9.58. The van der Waals surface area contributed by atoms with Gasteiger partial charge in [0, 0.05) is 24.1 Å². The Balaban J connectivity index is 1.90. The van der Waals surface area contributed by atoms with Gasteiger partial charge in [0.2, 0.25) is 0 Å². The third-order valence-corrected chi connectivity index (χ3v) is 3.10. The normalized spacial score (nSPS) is 17.0. The number of hydrogen-bond donors (Lipinski definition) is 0. The highest BCUT2D eigenvalue weighted by atomic mass is 16.6. The van der Waals surface area contributed by atoms with Crippen LogP contribution in [0.3, 0.4) is 0 Å². The SMILES string of the molecule is O=[N+]([O-])c1ccc2c(c1)CC(c1ccccc1)O2. The summed E-state index contributed by atoms with van der Waals surface area (Å²) in [6.07, 6.45) is 0.643. The maximum absolute atomic E-state index is 10.7. The predicted octanol–water partition coefficient (Wildman–Crippen LogP) is 3.27. The average molecular weight is 241 g/mol. The second-order valence-corrected chi connectivity index (χ2v) is 4.27. The molecule has 0 spiro atoms. The molecule has 1 atom stereocenters. The van der Waals surface area contributed by atoms with E-state index in [9.17, 15) is 10.1 Å². The minimum absolute atomic E-state index is 0.0387. The molecular formula is C14H11NO3. The first-order valence-electron chi connectivity index (χ1n) is 5.73. The number of hydrogen-bond acceptors (Lipinski definition) is 3. The molecule has 18 heavy (non-hydrogen) atoms. The van der Waals surface area contributed by atoms with E-state index in [1.165, 1.54) is 6.07 Å². The summed E-state index contributed by atoms with van der Waals surface area (Å²) in [6.45, 7) is 0. The Labute approximate surface area is 104 Å². The molecule has 4 nitrogen and oxygen atoms in total. The molecule has 1 unspecified atom stereocenters. The van der Waals surface area contributed by atoms with Crippen LogP contribution in [0.15, 0.2) is 48.5 Å². The first kappa shape index (κ1) is 10.8. The fraction of sp³-hybridized carbons (Fsp3) is 0.143. The number of non-ortho nitro benzene ring substituents is 1. The highest BCUT2D eigenvalue weighted by molar-refractivity contribution is 5.47. The lowest BCUT2D eigenvalue weighted by atomic mass is 10.0. The maximum atomic E-state index is 10.7. The molecule has 4 heteroatoms. The Kier molecular flexibility index (Phi) is 2.48. The van der Waals surface area contributed by atoms with Crippen molar-refractivity contribution in [2.24, 2.45) is 0 Å². The maximum Gasteiger partial charge on any atom is 0.269 e. The fourth-order valence-electron chi connectivity index (χ4n) is 2.20. The first-order chi connectivity index (χ1) is 8.74. The predicted molar refractivity (Wildman–Crippen MR) is 66.6 cm³/mol. The van der Waals surface area contributed by atoms with Crippen molar-refractivity contribution < 1.29 is 9.66 Å². The number of benzene rings is 2. The summed E-state index contributed by atoms with van der Waals surface area (Å²) in [6, 6.07) is 14.6. The second-order valence-electron chi connectivity index (χ2n) is 4.27. The minimum atomic E-state index is -0.379. The Morgan fingerprint density at radius 2 is 1.94 bits per heavy atom. The highest BCUT2D eigenvalue weighted by Crippen LogP contribution is 2.38. The molecule has 0 saturated carbocycles. The van der Waals surface area contributed by atoms with Crippen LogP contribution in [-0.2, 0) is 6.42 Å². The van der Waals surface area contributed by atoms with Crippen LogP contribution in [0.1, 0.15) is 17.2 Å². The molecule has 0 bridgehead atoms. The third kappa shape index (κ3) is 1.82. The van der Waals surface area contributed by atoms with E-state index in [4.69, 9.17) is 4.74 Å². The zero-order valence-electron chi connectivity index (χ0n) is 9.58. The molecule has 0 N–H and O–H groups in total. The van der Waals surface area contributed by atoms with Gasteiger partial charge in [-0.2, -0.15) is 0 Å². The summed E-state index contributed by atoms with van der Waals surface area (Å²) >= 11 is 0. The number of nitro groups is 1. The summed E-state index contributed by atoms with van der Waals surface area (Å²) in [7, 11) is 0. The lowest BCUT2D eigenvalue weighted by Crippen LogP contribution is -2.02. The molecule has 90 valence electrons. The van der Waals surface area contributed by atoms with E-state index in [0.717, 1.165) is 16.9 Å². The van der Waals surface area contributed by atoms with Crippen LogP contribution in [0, 0.1) is 10.1 Å². The van der Waals surface area contributed by atoms with Gasteiger partial charge < -0.3 is 4.74 Å². The standard InChI is InChI=1S/C14H11NO3/c16-15(17)12-6-7-13-11(8-12)9-14(18-13)10-4-2-1-3-5-10/h1-8,14H,9H2. The van der Waals surface area contributed by atoms with E-state index in [-0.39, 0.29) is 16.7 Å².